The molecule has 2 aromatic rings. The molecule has 2 aromatic carbocycles. The minimum atomic E-state index is -0.455. The van der Waals surface area contributed by atoms with E-state index in [1.165, 1.54) is 27.5 Å². The molecule has 0 spiro atoms. The van der Waals surface area contributed by atoms with Crippen molar-refractivity contribution in [2.45, 2.75) is 26.2 Å². The molecule has 0 aliphatic carbocycles. The van der Waals surface area contributed by atoms with Crippen LogP contribution in [0.4, 0.5) is 0 Å². The lowest BCUT2D eigenvalue weighted by Crippen LogP contribution is -2.34. The van der Waals surface area contributed by atoms with Crippen molar-refractivity contribution in [3.05, 3.63) is 53.1 Å². The largest absolute Gasteiger partial charge is 0.493 e. The van der Waals surface area contributed by atoms with Gasteiger partial charge in [-0.3, -0.25) is 9.59 Å². The Morgan fingerprint density at radius 1 is 0.968 bits per heavy atom. The maximum absolute atomic E-state index is 12.2. The molecule has 0 heterocycles. The van der Waals surface area contributed by atoms with Crippen LogP contribution in [-0.2, 0) is 10.2 Å². The van der Waals surface area contributed by atoms with Crippen LogP contribution in [0.2, 0.25) is 0 Å². The quantitative estimate of drug-likeness (QED) is 0.499. The van der Waals surface area contributed by atoms with Crippen LogP contribution < -0.4 is 25.0 Å². The molecule has 0 atom stereocenters. The van der Waals surface area contributed by atoms with Gasteiger partial charge in [0.2, 0.25) is 5.75 Å². The Balaban J connectivity index is 1.92. The highest BCUT2D eigenvalue weighted by atomic mass is 16.5. The van der Waals surface area contributed by atoms with Crippen molar-refractivity contribution in [3.8, 4) is 17.2 Å². The van der Waals surface area contributed by atoms with Crippen LogP contribution in [-0.4, -0.2) is 45.9 Å². The van der Waals surface area contributed by atoms with Gasteiger partial charge < -0.3 is 19.5 Å². The van der Waals surface area contributed by atoms with E-state index in [2.05, 4.69) is 36.6 Å². The van der Waals surface area contributed by atoms with E-state index in [1.54, 1.807) is 24.3 Å². The highest BCUT2D eigenvalue weighted by Crippen LogP contribution is 2.37. The first-order valence-electron chi connectivity index (χ1n) is 9.70. The maximum Gasteiger partial charge on any atom is 0.259 e. The molecular formula is C23H29N3O5. The normalized spacial score (nSPS) is 11.2. The van der Waals surface area contributed by atoms with E-state index in [0.29, 0.717) is 28.4 Å². The standard InChI is InChI=1S/C23H29N3O5/c1-23(2,3)17-9-7-16(8-10-17)22(28)24-14-20(27)26-25-13-15-11-18(29-4)21(31-6)19(12-15)30-5/h7-13H,14H2,1-6H3,(H,24,28)(H,26,27)/b25-13-. The van der Waals surface area contributed by atoms with Gasteiger partial charge in [-0.25, -0.2) is 5.43 Å². The van der Waals surface area contributed by atoms with Gasteiger partial charge in [0.25, 0.3) is 11.8 Å². The van der Waals surface area contributed by atoms with Crippen molar-refractivity contribution in [3.63, 3.8) is 0 Å². The summed E-state index contributed by atoms with van der Waals surface area (Å²) in [6.07, 6.45) is 1.44. The predicted molar refractivity (Wildman–Crippen MR) is 119 cm³/mol. The van der Waals surface area contributed by atoms with Gasteiger partial charge in [-0.1, -0.05) is 32.9 Å². The van der Waals surface area contributed by atoms with Gasteiger partial charge in [0.1, 0.15) is 0 Å². The number of hydrogen-bond donors (Lipinski definition) is 2. The number of nitrogens with one attached hydrogen (secondary N) is 2. The van der Waals surface area contributed by atoms with Gasteiger partial charge in [-0.2, -0.15) is 5.10 Å². The first kappa shape index (κ1) is 23.7. The SMILES string of the molecule is COc1cc(/C=N\NC(=O)CNC(=O)c2ccc(C(C)(C)C)cc2)cc(OC)c1OC. The van der Waals surface area contributed by atoms with Crippen molar-refractivity contribution in [2.24, 2.45) is 5.10 Å². The number of amides is 2. The molecular weight excluding hydrogens is 398 g/mol. The lowest BCUT2D eigenvalue weighted by Gasteiger charge is -2.19. The van der Waals surface area contributed by atoms with Crippen LogP contribution in [0.25, 0.3) is 0 Å². The number of benzene rings is 2. The average Bonchev–Trinajstić information content (AvgIpc) is 2.76. The summed E-state index contributed by atoms with van der Waals surface area (Å²) >= 11 is 0. The smallest absolute Gasteiger partial charge is 0.259 e. The molecule has 0 fully saturated rings. The fourth-order valence-electron chi connectivity index (χ4n) is 2.78. The lowest BCUT2D eigenvalue weighted by atomic mass is 9.87. The maximum atomic E-state index is 12.2. The fraction of sp³-hybridized carbons (Fsp3) is 0.348. The third-order valence-corrected chi connectivity index (χ3v) is 4.51. The van der Waals surface area contributed by atoms with Gasteiger partial charge in [-0.05, 0) is 35.2 Å². The number of ether oxygens (including phenoxy) is 3. The van der Waals surface area contributed by atoms with Crippen LogP contribution >= 0.6 is 0 Å². The number of carbonyl (C=O) groups excluding carboxylic acids is 2. The summed E-state index contributed by atoms with van der Waals surface area (Å²) in [6.45, 7) is 6.10. The van der Waals surface area contributed by atoms with E-state index < -0.39 is 5.91 Å². The van der Waals surface area contributed by atoms with Gasteiger partial charge in [0, 0.05) is 11.1 Å². The highest BCUT2D eigenvalue weighted by Gasteiger charge is 2.15. The number of carbonyl (C=O) groups is 2. The molecule has 0 aliphatic heterocycles. The van der Waals surface area contributed by atoms with Crippen LogP contribution in [0.5, 0.6) is 17.2 Å². The molecule has 0 aliphatic rings. The summed E-state index contributed by atoms with van der Waals surface area (Å²) in [5, 5.41) is 6.49. The first-order chi connectivity index (χ1) is 14.7. The zero-order chi connectivity index (χ0) is 23.0. The summed E-state index contributed by atoms with van der Waals surface area (Å²) in [5.74, 6) is 0.621. The van der Waals surface area contributed by atoms with E-state index in [4.69, 9.17) is 14.2 Å². The van der Waals surface area contributed by atoms with Crippen LogP contribution in [0.3, 0.4) is 0 Å². The molecule has 166 valence electrons. The number of hydrazone groups is 1. The minimum absolute atomic E-state index is 0.00478. The molecule has 0 saturated carbocycles. The summed E-state index contributed by atoms with van der Waals surface area (Å²) in [5.41, 5.74) is 4.63. The summed E-state index contributed by atoms with van der Waals surface area (Å²) in [4.78, 5) is 24.2. The second kappa shape index (κ2) is 10.5. The molecule has 0 bridgehead atoms. The summed E-state index contributed by atoms with van der Waals surface area (Å²) in [6, 6.07) is 10.7. The second-order valence-electron chi connectivity index (χ2n) is 7.76. The third-order valence-electron chi connectivity index (χ3n) is 4.51. The molecule has 2 N–H and O–H groups in total. The highest BCUT2D eigenvalue weighted by molar-refractivity contribution is 5.96. The molecule has 0 saturated heterocycles. The van der Waals surface area contributed by atoms with Gasteiger partial charge in [0.15, 0.2) is 11.5 Å². The Bertz CT molecular complexity index is 922. The molecule has 0 unspecified atom stereocenters. The molecule has 8 heteroatoms. The molecule has 0 aromatic heterocycles. The molecule has 0 radical (unpaired) electrons. The Morgan fingerprint density at radius 3 is 2.03 bits per heavy atom. The van der Waals surface area contributed by atoms with Crippen molar-refractivity contribution in [2.75, 3.05) is 27.9 Å². The summed E-state index contributed by atoms with van der Waals surface area (Å²) in [7, 11) is 4.54. The number of nitrogens with zero attached hydrogens (tertiary/aromatic N) is 1. The van der Waals surface area contributed by atoms with Gasteiger partial charge in [0.05, 0.1) is 34.1 Å². The van der Waals surface area contributed by atoms with Crippen LogP contribution in [0, 0.1) is 0 Å². The van der Waals surface area contributed by atoms with E-state index in [9.17, 15) is 9.59 Å². The van der Waals surface area contributed by atoms with Crippen molar-refractivity contribution >= 4 is 18.0 Å². The topological polar surface area (TPSA) is 98.2 Å². The zero-order valence-corrected chi connectivity index (χ0v) is 18.7. The summed E-state index contributed by atoms with van der Waals surface area (Å²) < 4.78 is 15.8. The Hall–Kier alpha value is -3.55. The lowest BCUT2D eigenvalue weighted by molar-refractivity contribution is -0.120. The fourth-order valence-corrected chi connectivity index (χ4v) is 2.78. The molecule has 8 nitrogen and oxygen atoms in total. The van der Waals surface area contributed by atoms with E-state index in [1.807, 2.05) is 12.1 Å². The van der Waals surface area contributed by atoms with Crippen molar-refractivity contribution in [1.29, 1.82) is 0 Å². The minimum Gasteiger partial charge on any atom is -0.493 e. The first-order valence-corrected chi connectivity index (χ1v) is 9.70. The zero-order valence-electron chi connectivity index (χ0n) is 18.7. The van der Waals surface area contributed by atoms with Crippen LogP contribution in [0.1, 0.15) is 42.3 Å². The Labute approximate surface area is 182 Å². The molecule has 2 rings (SSSR count). The average molecular weight is 428 g/mol. The van der Waals surface area contributed by atoms with Crippen LogP contribution in [0.15, 0.2) is 41.5 Å². The Morgan fingerprint density at radius 2 is 1.55 bits per heavy atom. The van der Waals surface area contributed by atoms with Gasteiger partial charge >= 0.3 is 0 Å². The number of hydrogen-bond acceptors (Lipinski definition) is 6. The van der Waals surface area contributed by atoms with Crippen molar-refractivity contribution in [1.82, 2.24) is 10.7 Å². The van der Waals surface area contributed by atoms with E-state index in [0.717, 1.165) is 5.56 Å². The third kappa shape index (κ3) is 6.47. The molecule has 2 amide bonds. The Kier molecular flexibility index (Phi) is 8.01. The van der Waals surface area contributed by atoms with E-state index >= 15 is 0 Å². The monoisotopic (exact) mass is 427 g/mol. The molecule has 31 heavy (non-hydrogen) atoms. The second-order valence-corrected chi connectivity index (χ2v) is 7.76. The van der Waals surface area contributed by atoms with Crippen molar-refractivity contribution < 1.29 is 23.8 Å². The van der Waals surface area contributed by atoms with Gasteiger partial charge in [-0.15, -0.1) is 0 Å². The number of rotatable bonds is 8. The predicted octanol–water partition coefficient (Wildman–Crippen LogP) is 2.89. The number of methoxy groups -OCH3 is 3. The van der Waals surface area contributed by atoms with E-state index in [-0.39, 0.29) is 17.9 Å².